The fraction of sp³-hybridized carbons (Fsp3) is 0.458. The van der Waals surface area contributed by atoms with Gasteiger partial charge in [-0.3, -0.25) is 4.18 Å². The summed E-state index contributed by atoms with van der Waals surface area (Å²) in [5, 5.41) is 0. The van der Waals surface area contributed by atoms with E-state index >= 15 is 0 Å². The number of aryl methyl sites for hydroxylation is 2. The van der Waals surface area contributed by atoms with Crippen LogP contribution in [0.3, 0.4) is 0 Å². The predicted molar refractivity (Wildman–Crippen MR) is 128 cm³/mol. The first-order valence-electron chi connectivity index (χ1n) is 10.8. The van der Waals surface area contributed by atoms with Crippen LogP contribution in [-0.4, -0.2) is 45.7 Å². The molecule has 0 aliphatic heterocycles. The molecule has 0 saturated heterocycles. The highest BCUT2D eigenvalue weighted by molar-refractivity contribution is 7.87. The molecule has 176 valence electrons. The Morgan fingerprint density at radius 1 is 1.00 bits per heavy atom. The van der Waals surface area contributed by atoms with Crippen molar-refractivity contribution >= 4 is 24.7 Å². The fourth-order valence-corrected chi connectivity index (χ4v) is 5.84. The number of hydrogen-bond donors (Lipinski definition) is 0. The van der Waals surface area contributed by atoms with Crippen LogP contribution in [0.2, 0.25) is 0 Å². The third-order valence-electron chi connectivity index (χ3n) is 4.99. The van der Waals surface area contributed by atoms with Crippen LogP contribution in [0.4, 0.5) is 0 Å². The van der Waals surface area contributed by atoms with E-state index in [1.807, 2.05) is 32.0 Å². The van der Waals surface area contributed by atoms with Crippen LogP contribution in [0, 0.1) is 6.92 Å². The van der Waals surface area contributed by atoms with Crippen LogP contribution in [0.5, 0.6) is 0 Å². The molecule has 0 fully saturated rings. The van der Waals surface area contributed by atoms with Gasteiger partial charge < -0.3 is 9.47 Å². The van der Waals surface area contributed by atoms with E-state index in [2.05, 4.69) is 12.1 Å². The number of hydrogen-bond acceptors (Lipinski definition) is 6. The highest BCUT2D eigenvalue weighted by Gasteiger charge is 2.40. The molecule has 0 bridgehead atoms. The van der Waals surface area contributed by atoms with Crippen molar-refractivity contribution in [3.05, 3.63) is 65.7 Å². The van der Waals surface area contributed by atoms with E-state index in [0.29, 0.717) is 19.2 Å². The molecule has 0 aliphatic rings. The Hall–Kier alpha value is -1.79. The lowest BCUT2D eigenvalue weighted by atomic mass is 9.96. The molecule has 0 radical (unpaired) electrons. The number of carbonyl (C=O) groups is 1. The lowest BCUT2D eigenvalue weighted by molar-refractivity contribution is -0.169. The van der Waals surface area contributed by atoms with Gasteiger partial charge >= 0.3 is 5.97 Å². The molecule has 2 aromatic rings. The summed E-state index contributed by atoms with van der Waals surface area (Å²) in [7, 11) is -3.78. The van der Waals surface area contributed by atoms with Gasteiger partial charge in [0.05, 0.1) is 17.9 Å². The van der Waals surface area contributed by atoms with E-state index in [-0.39, 0.29) is 26.4 Å². The van der Waals surface area contributed by atoms with E-state index < -0.39 is 21.7 Å². The molecule has 0 aromatic heterocycles. The molecule has 0 amide bonds. The second-order valence-corrected chi connectivity index (χ2v) is 10.2. The number of benzene rings is 2. The molecule has 0 spiro atoms. The van der Waals surface area contributed by atoms with E-state index in [9.17, 15) is 13.2 Å². The van der Waals surface area contributed by atoms with Crippen LogP contribution in [-0.2, 0) is 35.0 Å². The Morgan fingerprint density at radius 2 is 1.69 bits per heavy atom. The maximum Gasteiger partial charge on any atom is 0.338 e. The van der Waals surface area contributed by atoms with Crippen molar-refractivity contribution in [2.24, 2.45) is 0 Å². The largest absolute Gasteiger partial charge is 0.464 e. The third kappa shape index (κ3) is 7.96. The molecule has 0 heterocycles. The average molecular weight is 481 g/mol. The van der Waals surface area contributed by atoms with E-state index in [1.165, 1.54) is 17.7 Å². The predicted octanol–water partition coefficient (Wildman–Crippen LogP) is 4.70. The van der Waals surface area contributed by atoms with Gasteiger partial charge in [-0.05, 0) is 57.7 Å². The molecule has 0 saturated carbocycles. The molecule has 2 atom stereocenters. The maximum absolute atomic E-state index is 12.8. The Morgan fingerprint density at radius 3 is 2.31 bits per heavy atom. The SMILES string of the molecule is CCOC(=O)C(CCCc1ccccc1)(CPCOS(=O)(=O)c1ccc(C)cc1)OCC. The van der Waals surface area contributed by atoms with Crippen molar-refractivity contribution < 1.29 is 26.9 Å². The first kappa shape index (κ1) is 26.5. The minimum atomic E-state index is -3.84. The number of esters is 1. The second kappa shape index (κ2) is 13.0. The third-order valence-corrected chi connectivity index (χ3v) is 7.65. The molecular weight excluding hydrogens is 447 g/mol. The van der Waals surface area contributed by atoms with Gasteiger partial charge in [0.15, 0.2) is 5.60 Å². The summed E-state index contributed by atoms with van der Waals surface area (Å²) in [6.07, 6.45) is 2.39. The monoisotopic (exact) mass is 480 g/mol. The molecule has 2 rings (SSSR count). The number of ether oxygens (including phenoxy) is 2. The lowest BCUT2D eigenvalue weighted by Gasteiger charge is -2.31. The summed E-state index contributed by atoms with van der Waals surface area (Å²) in [4.78, 5) is 13.0. The highest BCUT2D eigenvalue weighted by atomic mass is 32.2. The number of carbonyl (C=O) groups excluding carboxylic acids is 1. The Bertz CT molecular complexity index is 931. The van der Waals surface area contributed by atoms with Crippen LogP contribution in [0.1, 0.15) is 37.8 Å². The summed E-state index contributed by atoms with van der Waals surface area (Å²) in [6.45, 7) is 6.11. The summed E-state index contributed by atoms with van der Waals surface area (Å²) < 4.78 is 41.3. The summed E-state index contributed by atoms with van der Waals surface area (Å²) in [5.41, 5.74) is 1.06. The van der Waals surface area contributed by atoms with Crippen molar-refractivity contribution in [3.8, 4) is 0 Å². The molecule has 32 heavy (non-hydrogen) atoms. The van der Waals surface area contributed by atoms with Gasteiger partial charge in [0.2, 0.25) is 0 Å². The van der Waals surface area contributed by atoms with Crippen molar-refractivity contribution in [2.45, 2.75) is 50.5 Å². The zero-order valence-corrected chi connectivity index (χ0v) is 20.8. The smallest absolute Gasteiger partial charge is 0.338 e. The quantitative estimate of drug-likeness (QED) is 0.169. The summed E-state index contributed by atoms with van der Waals surface area (Å²) >= 11 is 0. The van der Waals surface area contributed by atoms with Crippen LogP contribution >= 0.6 is 8.58 Å². The van der Waals surface area contributed by atoms with Gasteiger partial charge in [0.1, 0.15) is 0 Å². The van der Waals surface area contributed by atoms with Crippen molar-refractivity contribution in [2.75, 3.05) is 25.7 Å². The zero-order chi connectivity index (χ0) is 23.5. The van der Waals surface area contributed by atoms with Gasteiger partial charge in [-0.2, -0.15) is 8.42 Å². The van der Waals surface area contributed by atoms with Gasteiger partial charge in [-0.15, -0.1) is 0 Å². The summed E-state index contributed by atoms with van der Waals surface area (Å²) in [5.74, 6) is -0.399. The topological polar surface area (TPSA) is 78.9 Å². The first-order chi connectivity index (χ1) is 15.3. The molecule has 6 nitrogen and oxygen atoms in total. The molecule has 2 aromatic carbocycles. The van der Waals surface area contributed by atoms with E-state index in [4.69, 9.17) is 13.7 Å². The highest BCUT2D eigenvalue weighted by Crippen LogP contribution is 2.30. The van der Waals surface area contributed by atoms with Gasteiger partial charge in [0.25, 0.3) is 10.1 Å². The zero-order valence-electron chi connectivity index (χ0n) is 19.0. The number of rotatable bonds is 14. The van der Waals surface area contributed by atoms with Crippen LogP contribution in [0.15, 0.2) is 59.5 Å². The van der Waals surface area contributed by atoms with Crippen molar-refractivity contribution in [1.29, 1.82) is 0 Å². The standard InChI is InChI=1S/C24H33O6PS/c1-4-28-23(25)24(29-5-2,17-9-12-21-10-7-6-8-11-21)18-31-19-30-32(26,27)22-15-13-20(3)14-16-22/h6-8,10-11,13-16,31H,4-5,9,12,17-19H2,1-3H3. The molecule has 0 aliphatic carbocycles. The van der Waals surface area contributed by atoms with E-state index in [0.717, 1.165) is 18.4 Å². The van der Waals surface area contributed by atoms with Crippen LogP contribution in [0.25, 0.3) is 0 Å². The maximum atomic E-state index is 12.8. The van der Waals surface area contributed by atoms with Gasteiger partial charge in [0, 0.05) is 12.8 Å². The molecule has 8 heteroatoms. The Balaban J connectivity index is 2.01. The Labute approximate surface area is 193 Å². The average Bonchev–Trinajstić information content (AvgIpc) is 2.78. The normalized spacial score (nSPS) is 13.8. The Kier molecular flexibility index (Phi) is 10.8. The summed E-state index contributed by atoms with van der Waals surface area (Å²) in [6, 6.07) is 16.6. The minimum Gasteiger partial charge on any atom is -0.464 e. The minimum absolute atomic E-state index is 0.0108. The van der Waals surface area contributed by atoms with Crippen molar-refractivity contribution in [1.82, 2.24) is 0 Å². The van der Waals surface area contributed by atoms with Gasteiger partial charge in [-0.25, -0.2) is 4.79 Å². The molecule has 0 N–H and O–H groups in total. The molecular formula is C24H33O6PS. The second-order valence-electron chi connectivity index (χ2n) is 7.44. The molecule has 2 unspecified atom stereocenters. The first-order valence-corrected chi connectivity index (χ1v) is 13.7. The van der Waals surface area contributed by atoms with Gasteiger partial charge in [-0.1, -0.05) is 56.6 Å². The lowest BCUT2D eigenvalue weighted by Crippen LogP contribution is -2.45. The van der Waals surface area contributed by atoms with Crippen molar-refractivity contribution in [3.63, 3.8) is 0 Å². The van der Waals surface area contributed by atoms with E-state index in [1.54, 1.807) is 19.1 Å². The fourth-order valence-electron chi connectivity index (χ4n) is 3.35. The van der Waals surface area contributed by atoms with Crippen LogP contribution < -0.4 is 0 Å².